The maximum Gasteiger partial charge on any atom is 0.407 e. The summed E-state index contributed by atoms with van der Waals surface area (Å²) in [4.78, 5) is 17.0. The van der Waals surface area contributed by atoms with Gasteiger partial charge in [-0.1, -0.05) is 24.3 Å². The Balaban J connectivity index is 1.46. The van der Waals surface area contributed by atoms with Crippen LogP contribution in [0, 0.1) is 6.92 Å². The van der Waals surface area contributed by atoms with Crippen molar-refractivity contribution in [2.45, 2.75) is 25.9 Å². The first kappa shape index (κ1) is 17.3. The van der Waals surface area contributed by atoms with Crippen LogP contribution in [0.25, 0.3) is 22.0 Å². The predicted octanol–water partition coefficient (Wildman–Crippen LogP) is 4.73. The van der Waals surface area contributed by atoms with E-state index in [4.69, 9.17) is 9.84 Å². The van der Waals surface area contributed by atoms with E-state index in [0.29, 0.717) is 13.1 Å². The Kier molecular flexibility index (Phi) is 4.67. The molecule has 0 saturated carbocycles. The molecule has 0 radical (unpaired) electrons. The van der Waals surface area contributed by atoms with Crippen molar-refractivity contribution in [2.75, 3.05) is 13.1 Å². The molecule has 1 N–H and O–H groups in total. The first-order chi connectivity index (χ1) is 13.1. The highest BCUT2D eigenvalue weighted by Gasteiger charge is 2.23. The van der Waals surface area contributed by atoms with Crippen LogP contribution < -0.4 is 4.74 Å². The third-order valence-electron chi connectivity index (χ3n) is 5.15. The van der Waals surface area contributed by atoms with Crippen LogP contribution in [-0.4, -0.2) is 40.3 Å². The van der Waals surface area contributed by atoms with Gasteiger partial charge in [0.15, 0.2) is 0 Å². The van der Waals surface area contributed by atoms with Gasteiger partial charge in [0.2, 0.25) is 0 Å². The van der Waals surface area contributed by atoms with Crippen molar-refractivity contribution >= 4 is 17.0 Å². The molecular weight excluding hydrogens is 340 g/mol. The molecule has 1 saturated heterocycles. The fourth-order valence-corrected chi connectivity index (χ4v) is 3.54. The van der Waals surface area contributed by atoms with Crippen LogP contribution in [0.1, 0.15) is 18.4 Å². The van der Waals surface area contributed by atoms with Crippen molar-refractivity contribution in [1.29, 1.82) is 0 Å². The average Bonchev–Trinajstić information content (AvgIpc) is 2.69. The Labute approximate surface area is 158 Å². The number of carbonyl (C=O) groups is 1. The lowest BCUT2D eigenvalue weighted by atomic mass is 10.0. The topological polar surface area (TPSA) is 62.7 Å². The van der Waals surface area contributed by atoms with Crippen molar-refractivity contribution in [3.05, 3.63) is 60.3 Å². The number of hydrogen-bond acceptors (Lipinski definition) is 3. The third-order valence-corrected chi connectivity index (χ3v) is 5.15. The molecule has 1 aromatic heterocycles. The fraction of sp³-hybridized carbons (Fsp3) is 0.273. The summed E-state index contributed by atoms with van der Waals surface area (Å²) < 4.78 is 6.03. The minimum Gasteiger partial charge on any atom is -0.490 e. The molecule has 0 bridgehead atoms. The Morgan fingerprint density at radius 2 is 1.85 bits per heavy atom. The van der Waals surface area contributed by atoms with Gasteiger partial charge < -0.3 is 14.7 Å². The number of benzene rings is 2. The number of amides is 1. The van der Waals surface area contributed by atoms with Gasteiger partial charge in [-0.2, -0.15) is 0 Å². The molecule has 0 unspecified atom stereocenters. The number of carboxylic acid groups (broad SMARTS) is 1. The molecule has 0 atom stereocenters. The fourth-order valence-electron chi connectivity index (χ4n) is 3.54. The normalized spacial score (nSPS) is 15.1. The van der Waals surface area contributed by atoms with Gasteiger partial charge in [0.05, 0.1) is 5.52 Å². The van der Waals surface area contributed by atoms with E-state index in [2.05, 4.69) is 24.0 Å². The maximum atomic E-state index is 11.0. The second-order valence-electron chi connectivity index (χ2n) is 6.98. The Morgan fingerprint density at radius 3 is 2.56 bits per heavy atom. The lowest BCUT2D eigenvalue weighted by molar-refractivity contribution is 0.0895. The van der Waals surface area contributed by atoms with Gasteiger partial charge in [-0.3, -0.25) is 4.98 Å². The number of rotatable bonds is 3. The standard InChI is InChI=1S/C22H22N2O3/c1-15-3-2-4-21-20(15)13-17(14-23-21)16-5-7-18(8-6-16)27-19-9-11-24(12-10-19)22(25)26/h2-8,13-14,19H,9-12H2,1H3,(H,25,26). The van der Waals surface area contributed by atoms with E-state index in [1.807, 2.05) is 42.6 Å². The summed E-state index contributed by atoms with van der Waals surface area (Å²) in [7, 11) is 0. The number of aromatic nitrogens is 1. The number of piperidine rings is 1. The number of likely N-dealkylation sites (tertiary alicyclic amines) is 1. The molecule has 2 heterocycles. The Bertz CT molecular complexity index is 961. The van der Waals surface area contributed by atoms with Crippen LogP contribution in [0.3, 0.4) is 0 Å². The number of nitrogens with zero attached hydrogens (tertiary/aromatic N) is 2. The summed E-state index contributed by atoms with van der Waals surface area (Å²) >= 11 is 0. The van der Waals surface area contributed by atoms with Gasteiger partial charge in [0.25, 0.3) is 0 Å². The van der Waals surface area contributed by atoms with Crippen LogP contribution in [0.2, 0.25) is 0 Å². The quantitative estimate of drug-likeness (QED) is 0.731. The zero-order valence-corrected chi connectivity index (χ0v) is 15.3. The highest BCUT2D eigenvalue weighted by atomic mass is 16.5. The number of hydrogen-bond donors (Lipinski definition) is 1. The molecule has 1 aliphatic heterocycles. The monoisotopic (exact) mass is 362 g/mol. The van der Waals surface area contributed by atoms with Gasteiger partial charge >= 0.3 is 6.09 Å². The molecule has 0 spiro atoms. The molecule has 5 nitrogen and oxygen atoms in total. The SMILES string of the molecule is Cc1cccc2ncc(-c3ccc(OC4CCN(C(=O)O)CC4)cc3)cc12. The molecule has 27 heavy (non-hydrogen) atoms. The van der Waals surface area contributed by atoms with Gasteiger partial charge in [0, 0.05) is 43.1 Å². The van der Waals surface area contributed by atoms with Crippen molar-refractivity contribution in [3.8, 4) is 16.9 Å². The molecular formula is C22H22N2O3. The lowest BCUT2D eigenvalue weighted by Crippen LogP contribution is -2.41. The highest BCUT2D eigenvalue weighted by molar-refractivity contribution is 5.86. The van der Waals surface area contributed by atoms with E-state index < -0.39 is 6.09 Å². The molecule has 1 amide bonds. The largest absolute Gasteiger partial charge is 0.490 e. The molecule has 0 aliphatic carbocycles. The van der Waals surface area contributed by atoms with Crippen LogP contribution in [-0.2, 0) is 0 Å². The predicted molar refractivity (Wildman–Crippen MR) is 105 cm³/mol. The summed E-state index contributed by atoms with van der Waals surface area (Å²) in [6.07, 6.45) is 2.57. The molecule has 138 valence electrons. The summed E-state index contributed by atoms with van der Waals surface area (Å²) in [6.45, 7) is 3.15. The number of aryl methyl sites for hydroxylation is 1. The minimum absolute atomic E-state index is 0.0661. The Hall–Kier alpha value is -3.08. The van der Waals surface area contributed by atoms with Gasteiger partial charge in [-0.15, -0.1) is 0 Å². The van der Waals surface area contributed by atoms with Crippen LogP contribution >= 0.6 is 0 Å². The van der Waals surface area contributed by atoms with Crippen molar-refractivity contribution < 1.29 is 14.6 Å². The molecule has 4 rings (SSSR count). The second-order valence-corrected chi connectivity index (χ2v) is 6.98. The smallest absolute Gasteiger partial charge is 0.407 e. The molecule has 2 aromatic carbocycles. The first-order valence-electron chi connectivity index (χ1n) is 9.20. The zero-order valence-electron chi connectivity index (χ0n) is 15.3. The van der Waals surface area contributed by atoms with Crippen LogP contribution in [0.4, 0.5) is 4.79 Å². The first-order valence-corrected chi connectivity index (χ1v) is 9.20. The number of fused-ring (bicyclic) bond motifs is 1. The van der Waals surface area contributed by atoms with Crippen molar-refractivity contribution in [3.63, 3.8) is 0 Å². The molecule has 5 heteroatoms. The van der Waals surface area contributed by atoms with E-state index in [1.165, 1.54) is 15.8 Å². The summed E-state index contributed by atoms with van der Waals surface area (Å²) in [5.74, 6) is 0.817. The molecule has 1 aliphatic rings. The third kappa shape index (κ3) is 3.72. The van der Waals surface area contributed by atoms with E-state index in [9.17, 15) is 4.79 Å². The van der Waals surface area contributed by atoms with E-state index in [-0.39, 0.29) is 6.10 Å². The van der Waals surface area contributed by atoms with Crippen molar-refractivity contribution in [2.24, 2.45) is 0 Å². The van der Waals surface area contributed by atoms with E-state index in [0.717, 1.165) is 35.2 Å². The van der Waals surface area contributed by atoms with Gasteiger partial charge in [0.1, 0.15) is 11.9 Å². The lowest BCUT2D eigenvalue weighted by Gasteiger charge is -2.30. The molecule has 1 fully saturated rings. The number of ether oxygens (including phenoxy) is 1. The minimum atomic E-state index is -0.850. The summed E-state index contributed by atoms with van der Waals surface area (Å²) in [5.41, 5.74) is 4.40. The van der Waals surface area contributed by atoms with Crippen LogP contribution in [0.15, 0.2) is 54.7 Å². The second kappa shape index (κ2) is 7.27. The maximum absolute atomic E-state index is 11.0. The number of pyridine rings is 1. The highest BCUT2D eigenvalue weighted by Crippen LogP contribution is 2.27. The Morgan fingerprint density at radius 1 is 1.11 bits per heavy atom. The molecule has 3 aromatic rings. The van der Waals surface area contributed by atoms with Crippen molar-refractivity contribution in [1.82, 2.24) is 9.88 Å². The zero-order chi connectivity index (χ0) is 18.8. The van der Waals surface area contributed by atoms with Gasteiger partial charge in [-0.25, -0.2) is 4.79 Å². The van der Waals surface area contributed by atoms with Crippen LogP contribution in [0.5, 0.6) is 5.75 Å². The summed E-state index contributed by atoms with van der Waals surface area (Å²) in [6, 6.07) is 16.4. The summed E-state index contributed by atoms with van der Waals surface area (Å²) in [5, 5.41) is 10.2. The van der Waals surface area contributed by atoms with E-state index >= 15 is 0 Å². The average molecular weight is 362 g/mol. The van der Waals surface area contributed by atoms with Gasteiger partial charge in [-0.05, 0) is 42.3 Å². The van der Waals surface area contributed by atoms with E-state index in [1.54, 1.807) is 0 Å².